The molecule has 0 saturated carbocycles. The number of hydrogen-bond donors (Lipinski definition) is 0. The van der Waals surface area contributed by atoms with Crippen molar-refractivity contribution >= 4 is 33.7 Å². The molecule has 0 amide bonds. The van der Waals surface area contributed by atoms with Crippen LogP contribution in [0.1, 0.15) is 0 Å². The molecular formula is C8H4F2INO2. The first-order valence-corrected chi connectivity index (χ1v) is 4.74. The third-order valence-electron chi connectivity index (χ3n) is 1.52. The Balaban J connectivity index is 2.41. The summed E-state index contributed by atoms with van der Waals surface area (Å²) >= 11 is 2.09. The Kier molecular flexibility index (Phi) is 2.53. The lowest BCUT2D eigenvalue weighted by Crippen LogP contribution is -2.01. The molecule has 14 heavy (non-hydrogen) atoms. The lowest BCUT2D eigenvalue weighted by atomic mass is 10.3. The van der Waals surface area contributed by atoms with E-state index in [9.17, 15) is 8.78 Å². The fraction of sp³-hybridized carbons (Fsp3) is 0.125. The van der Waals surface area contributed by atoms with Crippen molar-refractivity contribution in [1.82, 2.24) is 4.98 Å². The van der Waals surface area contributed by atoms with E-state index in [4.69, 9.17) is 4.42 Å². The third kappa shape index (κ3) is 1.94. The van der Waals surface area contributed by atoms with Crippen molar-refractivity contribution in [1.29, 1.82) is 0 Å². The zero-order valence-electron chi connectivity index (χ0n) is 6.71. The van der Waals surface area contributed by atoms with Crippen molar-refractivity contribution in [3.05, 3.63) is 21.8 Å². The summed E-state index contributed by atoms with van der Waals surface area (Å²) in [5.74, 6) is 0. The van der Waals surface area contributed by atoms with Crippen molar-refractivity contribution in [2.75, 3.05) is 0 Å². The van der Waals surface area contributed by atoms with E-state index in [1.807, 2.05) is 0 Å². The van der Waals surface area contributed by atoms with Crippen molar-refractivity contribution < 1.29 is 17.9 Å². The number of hydrogen-bond acceptors (Lipinski definition) is 3. The minimum absolute atomic E-state index is 0.406. The topological polar surface area (TPSA) is 35.3 Å². The van der Waals surface area contributed by atoms with Crippen LogP contribution in [0.4, 0.5) is 8.78 Å². The molecule has 0 aliphatic carbocycles. The monoisotopic (exact) mass is 311 g/mol. The number of ether oxygens (including phenoxy) is 1. The average molecular weight is 311 g/mol. The largest absolute Gasteiger partial charge is 0.409 e. The van der Waals surface area contributed by atoms with E-state index < -0.39 is 12.7 Å². The first-order valence-electron chi connectivity index (χ1n) is 3.66. The molecule has 74 valence electrons. The molecule has 1 aromatic carbocycles. The lowest BCUT2D eigenvalue weighted by molar-refractivity contribution is -0.0664. The predicted molar refractivity (Wildman–Crippen MR) is 53.4 cm³/mol. The van der Waals surface area contributed by atoms with Crippen LogP contribution < -0.4 is 4.74 Å². The zero-order valence-corrected chi connectivity index (χ0v) is 8.86. The first kappa shape index (κ1) is 9.63. The fourth-order valence-electron chi connectivity index (χ4n) is 1.01. The molecule has 0 saturated heterocycles. The van der Waals surface area contributed by atoms with Gasteiger partial charge in [-0.1, -0.05) is 0 Å². The van der Waals surface area contributed by atoms with E-state index in [1.165, 1.54) is 0 Å². The van der Waals surface area contributed by atoms with E-state index in [2.05, 4.69) is 32.3 Å². The molecule has 0 N–H and O–H groups in total. The molecule has 0 aliphatic heterocycles. The Labute approximate surface area is 91.2 Å². The zero-order chi connectivity index (χ0) is 10.1. The Morgan fingerprint density at radius 1 is 1.43 bits per heavy atom. The Hall–Kier alpha value is -0.920. The molecular weight excluding hydrogens is 307 g/mol. The molecule has 1 aromatic heterocycles. The van der Waals surface area contributed by atoms with Crippen LogP contribution in [-0.4, -0.2) is 11.6 Å². The van der Waals surface area contributed by atoms with Gasteiger partial charge in [0.15, 0.2) is 5.58 Å². The summed E-state index contributed by atoms with van der Waals surface area (Å²) in [7, 11) is 0. The van der Waals surface area contributed by atoms with Crippen molar-refractivity contribution in [3.8, 4) is 6.08 Å². The van der Waals surface area contributed by atoms with Crippen LogP contribution in [0, 0.1) is 3.57 Å². The summed E-state index contributed by atoms with van der Waals surface area (Å²) in [5.41, 5.74) is 0.939. The van der Waals surface area contributed by atoms with Crippen molar-refractivity contribution in [3.63, 3.8) is 0 Å². The third-order valence-corrected chi connectivity index (χ3v) is 2.19. The molecule has 0 fully saturated rings. The molecule has 0 radical (unpaired) electrons. The second-order valence-corrected chi connectivity index (χ2v) is 3.72. The maximum Gasteiger partial charge on any atom is 0.399 e. The molecule has 0 spiro atoms. The fourth-order valence-corrected chi connectivity index (χ4v) is 1.48. The highest BCUT2D eigenvalue weighted by molar-refractivity contribution is 14.1. The van der Waals surface area contributed by atoms with Crippen LogP contribution in [-0.2, 0) is 0 Å². The highest BCUT2D eigenvalue weighted by Gasteiger charge is 2.11. The van der Waals surface area contributed by atoms with Crippen molar-refractivity contribution in [2.24, 2.45) is 0 Å². The van der Waals surface area contributed by atoms with Gasteiger partial charge in [0.05, 0.1) is 0 Å². The minimum Gasteiger partial charge on any atom is -0.409 e. The molecule has 0 bridgehead atoms. The maximum absolute atomic E-state index is 11.8. The number of fused-ring (bicyclic) bond motifs is 1. The first-order chi connectivity index (χ1) is 6.65. The maximum atomic E-state index is 11.8. The average Bonchev–Trinajstić information content (AvgIpc) is 2.44. The summed E-state index contributed by atoms with van der Waals surface area (Å²) < 4.78 is 33.5. The highest BCUT2D eigenvalue weighted by atomic mass is 127. The summed E-state index contributed by atoms with van der Waals surface area (Å²) in [6, 6.07) is 5.17. The van der Waals surface area contributed by atoms with E-state index in [0.717, 1.165) is 3.57 Å². The molecule has 2 rings (SSSR count). The van der Waals surface area contributed by atoms with Gasteiger partial charge in [0, 0.05) is 3.57 Å². The van der Waals surface area contributed by atoms with Gasteiger partial charge in [-0.3, -0.25) is 0 Å². The van der Waals surface area contributed by atoms with Gasteiger partial charge in [-0.25, -0.2) is 0 Å². The van der Waals surface area contributed by atoms with Gasteiger partial charge >= 0.3 is 12.7 Å². The lowest BCUT2D eigenvalue weighted by Gasteiger charge is -1.94. The van der Waals surface area contributed by atoms with E-state index in [0.29, 0.717) is 11.1 Å². The number of alkyl halides is 2. The number of rotatable bonds is 2. The standard InChI is InChI=1S/C8H4F2INO2/c9-7(10)14-8-12-5-3-4(11)1-2-6(5)13-8/h1-3,7H. The highest BCUT2D eigenvalue weighted by Crippen LogP contribution is 2.23. The molecule has 6 heteroatoms. The molecule has 0 unspecified atom stereocenters. The molecule has 3 nitrogen and oxygen atoms in total. The second kappa shape index (κ2) is 3.68. The normalized spacial score (nSPS) is 11.1. The molecule has 1 heterocycles. The van der Waals surface area contributed by atoms with Crippen LogP contribution in [0.15, 0.2) is 22.6 Å². The van der Waals surface area contributed by atoms with Gasteiger partial charge in [-0.2, -0.15) is 13.8 Å². The van der Waals surface area contributed by atoms with Crippen molar-refractivity contribution in [2.45, 2.75) is 6.61 Å². The number of aromatic nitrogens is 1. The van der Waals surface area contributed by atoms with E-state index >= 15 is 0 Å². The van der Waals surface area contributed by atoms with Gasteiger partial charge in [-0.15, -0.1) is 0 Å². The number of oxazole rings is 1. The Morgan fingerprint density at radius 3 is 2.93 bits per heavy atom. The van der Waals surface area contributed by atoms with Gasteiger partial charge < -0.3 is 9.15 Å². The number of benzene rings is 1. The van der Waals surface area contributed by atoms with Gasteiger partial charge in [0.2, 0.25) is 0 Å². The van der Waals surface area contributed by atoms with E-state index in [-0.39, 0.29) is 0 Å². The summed E-state index contributed by atoms with van der Waals surface area (Å²) in [4.78, 5) is 3.74. The SMILES string of the molecule is FC(F)Oc1nc2cc(I)ccc2o1. The van der Waals surface area contributed by atoms with Crippen LogP contribution in [0.5, 0.6) is 6.08 Å². The van der Waals surface area contributed by atoms with Crippen LogP contribution in [0.2, 0.25) is 0 Å². The summed E-state index contributed by atoms with van der Waals surface area (Å²) in [5, 5.41) is 0. The molecule has 0 aliphatic rings. The quantitative estimate of drug-likeness (QED) is 0.800. The van der Waals surface area contributed by atoms with Crippen LogP contribution in [0.25, 0.3) is 11.1 Å². The number of nitrogens with zero attached hydrogens (tertiary/aromatic N) is 1. The second-order valence-electron chi connectivity index (χ2n) is 2.47. The minimum atomic E-state index is -2.91. The van der Waals surface area contributed by atoms with Crippen LogP contribution in [0.3, 0.4) is 0 Å². The van der Waals surface area contributed by atoms with E-state index in [1.54, 1.807) is 18.2 Å². The van der Waals surface area contributed by atoms with Gasteiger partial charge in [0.25, 0.3) is 0 Å². The number of halogens is 3. The Bertz CT molecular complexity index is 458. The van der Waals surface area contributed by atoms with Gasteiger partial charge in [0.1, 0.15) is 5.52 Å². The predicted octanol–water partition coefficient (Wildman–Crippen LogP) is 3.03. The van der Waals surface area contributed by atoms with Gasteiger partial charge in [-0.05, 0) is 40.8 Å². The summed E-state index contributed by atoms with van der Waals surface area (Å²) in [6.07, 6.45) is -0.406. The summed E-state index contributed by atoms with van der Waals surface area (Å²) in [6.45, 7) is -2.91. The molecule has 2 aromatic rings. The molecule has 0 atom stereocenters. The van der Waals surface area contributed by atoms with Crippen LogP contribution >= 0.6 is 22.6 Å². The smallest absolute Gasteiger partial charge is 0.399 e. The Morgan fingerprint density at radius 2 is 2.21 bits per heavy atom.